The molecule has 1 aromatic carbocycles. The third kappa shape index (κ3) is 3.20. The summed E-state index contributed by atoms with van der Waals surface area (Å²) in [6, 6.07) is 4.25. The van der Waals surface area contributed by atoms with Crippen LogP contribution in [0.5, 0.6) is 5.75 Å². The van der Waals surface area contributed by atoms with Gasteiger partial charge in [0.25, 0.3) is 0 Å². The van der Waals surface area contributed by atoms with Crippen LogP contribution < -0.4 is 4.74 Å². The largest absolute Gasteiger partial charge is 0.490 e. The molecule has 0 aliphatic carbocycles. The highest BCUT2D eigenvalue weighted by Crippen LogP contribution is 2.27. The van der Waals surface area contributed by atoms with Gasteiger partial charge < -0.3 is 9.84 Å². The SMILES string of the molecule is CCC(CC)Oc1ccc(F)cc1[C@@H](C)O. The Bertz CT molecular complexity index is 333. The molecule has 0 aromatic heterocycles. The smallest absolute Gasteiger partial charge is 0.125 e. The van der Waals surface area contributed by atoms with Gasteiger partial charge in [-0.05, 0) is 38.0 Å². The Morgan fingerprint density at radius 3 is 2.44 bits per heavy atom. The van der Waals surface area contributed by atoms with E-state index in [-0.39, 0.29) is 11.9 Å². The molecule has 0 heterocycles. The van der Waals surface area contributed by atoms with Crippen LogP contribution in [0.1, 0.15) is 45.3 Å². The van der Waals surface area contributed by atoms with Gasteiger partial charge in [-0.1, -0.05) is 13.8 Å². The normalized spacial score (nSPS) is 12.9. The van der Waals surface area contributed by atoms with Crippen molar-refractivity contribution in [1.29, 1.82) is 0 Å². The van der Waals surface area contributed by atoms with Crippen molar-refractivity contribution in [2.24, 2.45) is 0 Å². The zero-order valence-electron chi connectivity index (χ0n) is 10.0. The van der Waals surface area contributed by atoms with Crippen LogP contribution in [0.3, 0.4) is 0 Å². The van der Waals surface area contributed by atoms with Crippen molar-refractivity contribution < 1.29 is 14.2 Å². The Balaban J connectivity index is 2.94. The van der Waals surface area contributed by atoms with Crippen molar-refractivity contribution in [2.45, 2.75) is 45.8 Å². The van der Waals surface area contributed by atoms with Crippen LogP contribution in [-0.4, -0.2) is 11.2 Å². The van der Waals surface area contributed by atoms with E-state index in [1.807, 2.05) is 13.8 Å². The average molecular weight is 226 g/mol. The molecule has 0 unspecified atom stereocenters. The van der Waals surface area contributed by atoms with Gasteiger partial charge in [-0.3, -0.25) is 0 Å². The second-order valence-electron chi connectivity index (χ2n) is 3.91. The third-order valence-electron chi connectivity index (χ3n) is 2.63. The Morgan fingerprint density at radius 1 is 1.31 bits per heavy atom. The maximum atomic E-state index is 13.0. The van der Waals surface area contributed by atoms with Crippen molar-refractivity contribution in [3.63, 3.8) is 0 Å². The van der Waals surface area contributed by atoms with Crippen molar-refractivity contribution in [1.82, 2.24) is 0 Å². The van der Waals surface area contributed by atoms with Gasteiger partial charge in [0.05, 0.1) is 12.2 Å². The molecule has 3 heteroatoms. The Hall–Kier alpha value is -1.09. The number of hydrogen-bond acceptors (Lipinski definition) is 2. The molecular weight excluding hydrogens is 207 g/mol. The van der Waals surface area contributed by atoms with E-state index in [0.717, 1.165) is 12.8 Å². The van der Waals surface area contributed by atoms with Crippen molar-refractivity contribution >= 4 is 0 Å². The molecule has 0 aliphatic rings. The molecule has 0 aliphatic heterocycles. The summed E-state index contributed by atoms with van der Waals surface area (Å²) in [6.07, 6.45) is 1.18. The van der Waals surface area contributed by atoms with E-state index in [2.05, 4.69) is 0 Å². The van der Waals surface area contributed by atoms with Crippen molar-refractivity contribution in [2.75, 3.05) is 0 Å². The van der Waals surface area contributed by atoms with Crippen LogP contribution in [0.15, 0.2) is 18.2 Å². The highest BCUT2D eigenvalue weighted by atomic mass is 19.1. The van der Waals surface area contributed by atoms with E-state index in [1.165, 1.54) is 12.1 Å². The van der Waals surface area contributed by atoms with Crippen LogP contribution in [-0.2, 0) is 0 Å². The summed E-state index contributed by atoms with van der Waals surface area (Å²) in [6.45, 7) is 5.69. The maximum absolute atomic E-state index is 13.0. The fourth-order valence-electron chi connectivity index (χ4n) is 1.59. The highest BCUT2D eigenvalue weighted by Gasteiger charge is 2.13. The summed E-state index contributed by atoms with van der Waals surface area (Å²) >= 11 is 0. The van der Waals surface area contributed by atoms with Crippen LogP contribution in [0.25, 0.3) is 0 Å². The molecule has 0 saturated heterocycles. The van der Waals surface area contributed by atoms with Gasteiger partial charge >= 0.3 is 0 Å². The van der Waals surface area contributed by atoms with Gasteiger partial charge in [0.15, 0.2) is 0 Å². The van der Waals surface area contributed by atoms with Crippen LogP contribution >= 0.6 is 0 Å². The zero-order valence-corrected chi connectivity index (χ0v) is 10.0. The topological polar surface area (TPSA) is 29.5 Å². The molecule has 16 heavy (non-hydrogen) atoms. The predicted octanol–water partition coefficient (Wildman–Crippen LogP) is 3.45. The van der Waals surface area contributed by atoms with Crippen molar-refractivity contribution in [3.8, 4) is 5.75 Å². The molecule has 1 atom stereocenters. The molecule has 0 fully saturated rings. The van der Waals surface area contributed by atoms with E-state index in [9.17, 15) is 9.50 Å². The summed E-state index contributed by atoms with van der Waals surface area (Å²) in [5, 5.41) is 9.54. The number of hydrogen-bond donors (Lipinski definition) is 1. The lowest BCUT2D eigenvalue weighted by atomic mass is 10.1. The number of aliphatic hydroxyl groups excluding tert-OH is 1. The number of halogens is 1. The van der Waals surface area contributed by atoms with E-state index >= 15 is 0 Å². The summed E-state index contributed by atoms with van der Waals surface area (Å²) < 4.78 is 18.8. The van der Waals surface area contributed by atoms with Crippen LogP contribution in [0, 0.1) is 5.82 Å². The average Bonchev–Trinajstić information content (AvgIpc) is 2.27. The first-order valence-corrected chi connectivity index (χ1v) is 5.72. The maximum Gasteiger partial charge on any atom is 0.125 e. The number of ether oxygens (including phenoxy) is 1. The first-order valence-electron chi connectivity index (χ1n) is 5.72. The highest BCUT2D eigenvalue weighted by molar-refractivity contribution is 5.35. The molecule has 1 aromatic rings. The molecule has 90 valence electrons. The standard InChI is InChI=1S/C13H19FO2/c1-4-11(5-2)16-13-7-6-10(14)8-12(13)9(3)15/h6-9,11,15H,4-5H2,1-3H3/t9-/m1/s1. The van der Waals surface area contributed by atoms with E-state index in [4.69, 9.17) is 4.74 Å². The summed E-state index contributed by atoms with van der Waals surface area (Å²) in [5.41, 5.74) is 0.506. The summed E-state index contributed by atoms with van der Waals surface area (Å²) in [4.78, 5) is 0. The first-order chi connectivity index (χ1) is 7.58. The molecule has 0 saturated carbocycles. The second kappa shape index (κ2) is 5.85. The summed E-state index contributed by atoms with van der Waals surface area (Å²) in [5.74, 6) is 0.220. The number of rotatable bonds is 5. The van der Waals surface area contributed by atoms with Gasteiger partial charge in [-0.15, -0.1) is 0 Å². The fourth-order valence-corrected chi connectivity index (χ4v) is 1.59. The number of benzene rings is 1. The van der Waals surface area contributed by atoms with Crippen LogP contribution in [0.2, 0.25) is 0 Å². The van der Waals surface area contributed by atoms with Crippen LogP contribution in [0.4, 0.5) is 4.39 Å². The molecule has 1 rings (SSSR count). The Morgan fingerprint density at radius 2 is 1.94 bits per heavy atom. The molecule has 0 spiro atoms. The van der Waals surface area contributed by atoms with E-state index in [1.54, 1.807) is 13.0 Å². The molecule has 2 nitrogen and oxygen atoms in total. The van der Waals surface area contributed by atoms with Gasteiger partial charge in [0.1, 0.15) is 11.6 Å². The fraction of sp³-hybridized carbons (Fsp3) is 0.538. The predicted molar refractivity (Wildman–Crippen MR) is 62.0 cm³/mol. The minimum Gasteiger partial charge on any atom is -0.490 e. The van der Waals surface area contributed by atoms with Crippen molar-refractivity contribution in [3.05, 3.63) is 29.6 Å². The molecule has 0 radical (unpaired) electrons. The third-order valence-corrected chi connectivity index (χ3v) is 2.63. The van der Waals surface area contributed by atoms with Gasteiger partial charge in [-0.2, -0.15) is 0 Å². The van der Waals surface area contributed by atoms with E-state index < -0.39 is 6.10 Å². The lowest BCUT2D eigenvalue weighted by Crippen LogP contribution is -2.15. The van der Waals surface area contributed by atoms with Gasteiger partial charge in [-0.25, -0.2) is 4.39 Å². The Labute approximate surface area is 96.1 Å². The molecule has 0 bridgehead atoms. The minimum absolute atomic E-state index is 0.114. The molecule has 0 amide bonds. The quantitative estimate of drug-likeness (QED) is 0.833. The number of aliphatic hydroxyl groups is 1. The van der Waals surface area contributed by atoms with Gasteiger partial charge in [0.2, 0.25) is 0 Å². The monoisotopic (exact) mass is 226 g/mol. The summed E-state index contributed by atoms with van der Waals surface area (Å²) in [7, 11) is 0. The van der Waals surface area contributed by atoms with Gasteiger partial charge in [0, 0.05) is 5.56 Å². The van der Waals surface area contributed by atoms with E-state index in [0.29, 0.717) is 11.3 Å². The minimum atomic E-state index is -0.722. The lowest BCUT2D eigenvalue weighted by Gasteiger charge is -2.19. The zero-order chi connectivity index (χ0) is 12.1. The molecular formula is C13H19FO2. The first kappa shape index (κ1) is 13.0. The Kier molecular flexibility index (Phi) is 4.74. The second-order valence-corrected chi connectivity index (χ2v) is 3.91. The lowest BCUT2D eigenvalue weighted by molar-refractivity contribution is 0.166. The molecule has 1 N–H and O–H groups in total.